The second kappa shape index (κ2) is 12.5. The average molecular weight is 567 g/mol. The summed E-state index contributed by atoms with van der Waals surface area (Å²) in [6, 6.07) is 6.16. The maximum Gasteiger partial charge on any atom is 0.318 e. The van der Waals surface area contributed by atoms with Gasteiger partial charge in [-0.2, -0.15) is 14.3 Å². The monoisotopic (exact) mass is 566 g/mol. The molecule has 3 aromatic rings. The zero-order valence-electron chi connectivity index (χ0n) is 23.1. The molecule has 0 bridgehead atoms. The van der Waals surface area contributed by atoms with Gasteiger partial charge in [0.1, 0.15) is 11.6 Å². The predicted octanol–water partition coefficient (Wildman–Crippen LogP) is 2.75. The summed E-state index contributed by atoms with van der Waals surface area (Å²) in [4.78, 5) is 32.0. The third-order valence-corrected chi connectivity index (χ3v) is 7.86. The third kappa shape index (κ3) is 7.37. The van der Waals surface area contributed by atoms with E-state index in [0.29, 0.717) is 50.3 Å². The van der Waals surface area contributed by atoms with Crippen molar-refractivity contribution in [1.29, 1.82) is 0 Å². The molecule has 0 saturated carbocycles. The van der Waals surface area contributed by atoms with Crippen LogP contribution in [0.5, 0.6) is 6.01 Å². The van der Waals surface area contributed by atoms with Crippen molar-refractivity contribution in [3.63, 3.8) is 0 Å². The van der Waals surface area contributed by atoms with Crippen LogP contribution in [0.1, 0.15) is 22.3 Å². The highest BCUT2D eigenvalue weighted by atomic mass is 32.2. The first-order valence-electron chi connectivity index (χ1n) is 12.8. The summed E-state index contributed by atoms with van der Waals surface area (Å²) in [5.74, 6) is 1.34. The van der Waals surface area contributed by atoms with E-state index in [9.17, 15) is 13.2 Å². The summed E-state index contributed by atoms with van der Waals surface area (Å²) in [6.07, 6.45) is 6.08. The molecule has 212 valence electrons. The van der Waals surface area contributed by atoms with Crippen LogP contribution in [0.3, 0.4) is 0 Å². The lowest BCUT2D eigenvalue weighted by atomic mass is 10.0. The van der Waals surface area contributed by atoms with E-state index in [0.717, 1.165) is 27.9 Å². The number of carbonyl (C=O) groups excluding carboxylic acids is 1. The number of rotatable bonds is 11. The molecular weight excluding hydrogens is 532 g/mol. The van der Waals surface area contributed by atoms with E-state index in [4.69, 9.17) is 4.74 Å². The first kappa shape index (κ1) is 29.1. The molecule has 0 unspecified atom stereocenters. The van der Waals surface area contributed by atoms with Gasteiger partial charge >= 0.3 is 6.01 Å². The predicted molar refractivity (Wildman–Crippen MR) is 154 cm³/mol. The Hall–Kier alpha value is -3.94. The fraction of sp³-hybridized carbons (Fsp3) is 0.370. The quantitative estimate of drug-likeness (QED) is 0.331. The van der Waals surface area contributed by atoms with Crippen molar-refractivity contribution in [2.24, 2.45) is 0 Å². The van der Waals surface area contributed by atoms with Crippen molar-refractivity contribution in [2.75, 3.05) is 50.2 Å². The lowest BCUT2D eigenvalue weighted by molar-refractivity contribution is -0.114. The number of carbonyl (C=O) groups is 1. The van der Waals surface area contributed by atoms with Gasteiger partial charge in [-0.1, -0.05) is 18.7 Å². The normalized spacial score (nSPS) is 14.5. The Bertz CT molecular complexity index is 1500. The minimum Gasteiger partial charge on any atom is -0.467 e. The number of hydrogen-bond acceptors (Lipinski definition) is 11. The molecule has 2 N–H and O–H groups in total. The number of piperazine rings is 1. The molecule has 3 heterocycles. The van der Waals surface area contributed by atoms with Crippen LogP contribution < -0.4 is 15.4 Å². The fourth-order valence-electron chi connectivity index (χ4n) is 4.26. The van der Waals surface area contributed by atoms with Gasteiger partial charge in [-0.25, -0.2) is 18.4 Å². The zero-order chi connectivity index (χ0) is 28.9. The van der Waals surface area contributed by atoms with Crippen LogP contribution in [0.2, 0.25) is 0 Å². The van der Waals surface area contributed by atoms with Crippen molar-refractivity contribution in [2.45, 2.75) is 26.8 Å². The summed E-state index contributed by atoms with van der Waals surface area (Å²) in [5, 5.41) is 6.48. The molecular formula is C27H34N8O4S. The molecule has 0 amide bonds. The van der Waals surface area contributed by atoms with E-state index < -0.39 is 10.0 Å². The number of sulfonamides is 1. The number of nitrogens with zero attached hydrogens (tertiary/aromatic N) is 6. The molecule has 1 aromatic carbocycles. The fourth-order valence-corrected chi connectivity index (χ4v) is 5.09. The van der Waals surface area contributed by atoms with Gasteiger partial charge < -0.3 is 15.4 Å². The van der Waals surface area contributed by atoms with Gasteiger partial charge in [0.25, 0.3) is 0 Å². The topological polar surface area (TPSA) is 143 Å². The molecule has 12 nitrogen and oxygen atoms in total. The summed E-state index contributed by atoms with van der Waals surface area (Å²) >= 11 is 0. The van der Waals surface area contributed by atoms with E-state index in [1.54, 1.807) is 12.4 Å². The Morgan fingerprint density at radius 2 is 1.73 bits per heavy atom. The number of ether oxygens (including phenoxy) is 1. The van der Waals surface area contributed by atoms with Crippen LogP contribution >= 0.6 is 0 Å². The standard InChI is InChI=1S/C27H34N8O4S/c1-6-22(36)14-21-13-20(17-34-9-11-35(12-10-34)40(5,37)38)7-8-23(21)30-24-18(2)15-28-26(31-24)32-25-19(3)16-29-27(33-25)39-4/h6-8,13,15-16H,1,9-12,14,17H2,2-5H3,(H2,28,29,30,31,32,33). The Morgan fingerprint density at radius 1 is 1.05 bits per heavy atom. The molecule has 0 aliphatic carbocycles. The molecule has 1 aliphatic heterocycles. The first-order valence-corrected chi connectivity index (χ1v) is 14.6. The van der Waals surface area contributed by atoms with Crippen LogP contribution in [-0.4, -0.2) is 82.9 Å². The van der Waals surface area contributed by atoms with E-state index in [1.807, 2.05) is 32.0 Å². The lowest BCUT2D eigenvalue weighted by Crippen LogP contribution is -2.47. The maximum atomic E-state index is 12.3. The highest BCUT2D eigenvalue weighted by molar-refractivity contribution is 7.88. The summed E-state index contributed by atoms with van der Waals surface area (Å²) < 4.78 is 30.3. The number of hydrogen-bond donors (Lipinski definition) is 2. The SMILES string of the molecule is C=CC(=O)Cc1cc(CN2CCN(S(C)(=O)=O)CC2)ccc1Nc1nc(Nc2nc(OC)ncc2C)ncc1C. The number of anilines is 4. The van der Waals surface area contributed by atoms with Crippen LogP contribution in [-0.2, 0) is 27.8 Å². The highest BCUT2D eigenvalue weighted by Crippen LogP contribution is 2.26. The number of aromatic nitrogens is 4. The van der Waals surface area contributed by atoms with E-state index in [-0.39, 0.29) is 18.2 Å². The molecule has 0 atom stereocenters. The molecule has 1 fully saturated rings. The van der Waals surface area contributed by atoms with E-state index in [1.165, 1.54) is 23.7 Å². The number of ketones is 1. The molecule has 0 radical (unpaired) electrons. The van der Waals surface area contributed by atoms with Gasteiger partial charge in [-0.15, -0.1) is 0 Å². The Labute approximate surface area is 234 Å². The molecule has 13 heteroatoms. The molecule has 1 saturated heterocycles. The van der Waals surface area contributed by atoms with Gasteiger partial charge in [0.2, 0.25) is 16.0 Å². The van der Waals surface area contributed by atoms with Gasteiger partial charge in [0.05, 0.1) is 13.4 Å². The van der Waals surface area contributed by atoms with Crippen molar-refractivity contribution < 1.29 is 17.9 Å². The molecule has 40 heavy (non-hydrogen) atoms. The highest BCUT2D eigenvalue weighted by Gasteiger charge is 2.23. The van der Waals surface area contributed by atoms with Crippen molar-refractivity contribution >= 4 is 39.1 Å². The third-order valence-electron chi connectivity index (χ3n) is 6.56. The minimum absolute atomic E-state index is 0.100. The smallest absolute Gasteiger partial charge is 0.318 e. The summed E-state index contributed by atoms with van der Waals surface area (Å²) in [7, 11) is -1.69. The number of methoxy groups -OCH3 is 1. The zero-order valence-corrected chi connectivity index (χ0v) is 24.0. The van der Waals surface area contributed by atoms with Crippen molar-refractivity contribution in [3.8, 4) is 6.01 Å². The Balaban J connectivity index is 1.54. The van der Waals surface area contributed by atoms with Crippen LogP contribution in [0, 0.1) is 13.8 Å². The lowest BCUT2D eigenvalue weighted by Gasteiger charge is -2.33. The largest absolute Gasteiger partial charge is 0.467 e. The maximum absolute atomic E-state index is 12.3. The van der Waals surface area contributed by atoms with E-state index in [2.05, 4.69) is 42.0 Å². The first-order chi connectivity index (χ1) is 19.0. The van der Waals surface area contributed by atoms with Gasteiger partial charge in [-0.3, -0.25) is 9.69 Å². The van der Waals surface area contributed by atoms with Crippen molar-refractivity contribution in [1.82, 2.24) is 29.1 Å². The minimum atomic E-state index is -3.19. The molecule has 1 aliphatic rings. The Kier molecular flexibility index (Phi) is 9.07. The number of aryl methyl sites for hydroxylation is 2. The summed E-state index contributed by atoms with van der Waals surface area (Å²) in [6.45, 7) is 10.2. The molecule has 0 spiro atoms. The number of allylic oxidation sites excluding steroid dienone is 1. The van der Waals surface area contributed by atoms with Gasteiger partial charge in [-0.05, 0) is 37.1 Å². The average Bonchev–Trinajstić information content (AvgIpc) is 2.92. The molecule has 4 rings (SSSR count). The van der Waals surface area contributed by atoms with Crippen molar-refractivity contribution in [3.05, 3.63) is 65.5 Å². The number of benzene rings is 1. The second-order valence-corrected chi connectivity index (χ2v) is 11.6. The summed E-state index contributed by atoms with van der Waals surface area (Å²) in [5.41, 5.74) is 4.20. The second-order valence-electron chi connectivity index (χ2n) is 9.64. The van der Waals surface area contributed by atoms with Crippen LogP contribution in [0.15, 0.2) is 43.2 Å². The number of nitrogens with one attached hydrogen (secondary N) is 2. The van der Waals surface area contributed by atoms with Gasteiger partial charge in [0, 0.05) is 68.4 Å². The van der Waals surface area contributed by atoms with Crippen LogP contribution in [0.4, 0.5) is 23.3 Å². The molecule has 2 aromatic heterocycles. The Morgan fingerprint density at radius 3 is 2.38 bits per heavy atom. The van der Waals surface area contributed by atoms with Gasteiger partial charge in [0.15, 0.2) is 5.78 Å². The van der Waals surface area contributed by atoms with Crippen LogP contribution in [0.25, 0.3) is 0 Å². The van der Waals surface area contributed by atoms with E-state index >= 15 is 0 Å².